The van der Waals surface area contributed by atoms with E-state index in [1.807, 2.05) is 74.5 Å². The molecule has 0 spiro atoms. The SMILES string of the molecule is CCOC(=O)C1=C(C)N=c2s/c(=C\c3cc(Br)c(OCc4cccc(Cl)c4)c(Br)c3)c(=O)n2[C@@H]1c1ccccc1OC(C)C. The van der Waals surface area contributed by atoms with Gasteiger partial charge in [0.1, 0.15) is 24.1 Å². The minimum atomic E-state index is -0.775. The van der Waals surface area contributed by atoms with E-state index in [9.17, 15) is 9.59 Å². The van der Waals surface area contributed by atoms with Crippen molar-refractivity contribution < 1.29 is 19.0 Å². The molecule has 0 amide bonds. The van der Waals surface area contributed by atoms with E-state index >= 15 is 0 Å². The molecule has 1 aromatic heterocycles. The molecule has 0 unspecified atom stereocenters. The number of hydrogen-bond acceptors (Lipinski definition) is 7. The van der Waals surface area contributed by atoms with E-state index in [2.05, 4.69) is 36.9 Å². The second kappa shape index (κ2) is 13.9. The molecule has 0 fully saturated rings. The molecule has 0 N–H and O–H groups in total. The van der Waals surface area contributed by atoms with E-state index in [4.69, 9.17) is 25.8 Å². The van der Waals surface area contributed by atoms with E-state index in [0.717, 1.165) is 11.1 Å². The Hall–Kier alpha value is -3.18. The second-order valence-corrected chi connectivity index (χ2v) is 13.4. The third-order valence-electron chi connectivity index (χ3n) is 6.68. The Morgan fingerprint density at radius 1 is 1.11 bits per heavy atom. The number of hydrogen-bond donors (Lipinski definition) is 0. The molecule has 0 saturated heterocycles. The van der Waals surface area contributed by atoms with Gasteiger partial charge in [-0.05, 0) is 107 Å². The summed E-state index contributed by atoms with van der Waals surface area (Å²) in [7, 11) is 0. The van der Waals surface area contributed by atoms with Crippen molar-refractivity contribution in [2.24, 2.45) is 4.99 Å². The number of esters is 1. The van der Waals surface area contributed by atoms with Gasteiger partial charge in [0.05, 0.1) is 37.5 Å². The zero-order chi connectivity index (χ0) is 31.5. The topological polar surface area (TPSA) is 79.1 Å². The summed E-state index contributed by atoms with van der Waals surface area (Å²) in [6.45, 7) is 7.90. The van der Waals surface area contributed by atoms with Crippen molar-refractivity contribution in [1.29, 1.82) is 0 Å². The van der Waals surface area contributed by atoms with Crippen molar-refractivity contribution >= 4 is 66.8 Å². The maximum Gasteiger partial charge on any atom is 0.338 e. The summed E-state index contributed by atoms with van der Waals surface area (Å²) in [5.74, 6) is 0.688. The van der Waals surface area contributed by atoms with Crippen molar-refractivity contribution in [3.05, 3.63) is 122 Å². The lowest BCUT2D eigenvalue weighted by Gasteiger charge is -2.26. The first-order chi connectivity index (χ1) is 21.1. The number of fused-ring (bicyclic) bond motifs is 1. The first-order valence-corrected chi connectivity index (χ1v) is 16.7. The summed E-state index contributed by atoms with van der Waals surface area (Å²) in [5, 5.41) is 0.642. The van der Waals surface area contributed by atoms with Crippen LogP contribution >= 0.6 is 54.8 Å². The molecule has 1 aliphatic heterocycles. The minimum absolute atomic E-state index is 0.113. The van der Waals surface area contributed by atoms with Crippen LogP contribution < -0.4 is 24.4 Å². The van der Waals surface area contributed by atoms with Crippen LogP contribution in [0.4, 0.5) is 0 Å². The Labute approximate surface area is 280 Å². The van der Waals surface area contributed by atoms with Gasteiger partial charge in [0, 0.05) is 10.6 Å². The molecule has 11 heteroatoms. The highest BCUT2D eigenvalue weighted by molar-refractivity contribution is 9.11. The summed E-state index contributed by atoms with van der Waals surface area (Å²) < 4.78 is 21.1. The molecular weight excluding hydrogens is 732 g/mol. The number of halogens is 3. The van der Waals surface area contributed by atoms with E-state index in [1.54, 1.807) is 24.5 Å². The van der Waals surface area contributed by atoms with Crippen molar-refractivity contribution in [1.82, 2.24) is 4.57 Å². The molecule has 44 heavy (non-hydrogen) atoms. The average Bonchev–Trinajstić information content (AvgIpc) is 3.26. The molecule has 0 bridgehead atoms. The highest BCUT2D eigenvalue weighted by atomic mass is 79.9. The highest BCUT2D eigenvalue weighted by Crippen LogP contribution is 2.37. The van der Waals surface area contributed by atoms with Gasteiger partial charge in [-0.3, -0.25) is 9.36 Å². The third-order valence-corrected chi connectivity index (χ3v) is 9.08. The van der Waals surface area contributed by atoms with Crippen molar-refractivity contribution in [2.45, 2.75) is 46.4 Å². The van der Waals surface area contributed by atoms with E-state index < -0.39 is 12.0 Å². The molecule has 0 saturated carbocycles. The number of allylic oxidation sites excluding steroid dienone is 1. The zero-order valence-corrected chi connectivity index (χ0v) is 29.1. The van der Waals surface area contributed by atoms with Crippen LogP contribution in [0.15, 0.2) is 90.7 Å². The second-order valence-electron chi connectivity index (χ2n) is 10.2. The van der Waals surface area contributed by atoms with Crippen molar-refractivity contribution in [3.8, 4) is 11.5 Å². The molecule has 4 aromatic rings. The standard InChI is InChI=1S/C33H29Br2ClN2O5S/c1-5-41-32(40)28-19(4)37-33-38(29(28)23-11-6-7-12-26(23)43-18(2)3)31(39)27(44-33)16-21-14-24(34)30(25(35)15-21)42-17-20-9-8-10-22(36)13-20/h6-16,18,29H,5,17H2,1-4H3/b27-16-/t29-/m1/s1. The maximum atomic E-state index is 14.1. The Balaban J connectivity index is 1.59. The van der Waals surface area contributed by atoms with Gasteiger partial charge in [-0.15, -0.1) is 0 Å². The minimum Gasteiger partial charge on any atom is -0.491 e. The van der Waals surface area contributed by atoms with Gasteiger partial charge in [0.15, 0.2) is 4.80 Å². The van der Waals surface area contributed by atoms with Gasteiger partial charge in [-0.2, -0.15) is 0 Å². The number of carbonyl (C=O) groups is 1. The first-order valence-electron chi connectivity index (χ1n) is 13.9. The van der Waals surface area contributed by atoms with Crippen LogP contribution in [0.1, 0.15) is 50.4 Å². The summed E-state index contributed by atoms with van der Waals surface area (Å²) in [5.41, 5.74) is 2.91. The monoisotopic (exact) mass is 758 g/mol. The van der Waals surface area contributed by atoms with Crippen LogP contribution in [-0.4, -0.2) is 23.2 Å². The number of nitrogens with zero attached hydrogens (tertiary/aromatic N) is 2. The number of aromatic nitrogens is 1. The molecule has 228 valence electrons. The normalized spacial score (nSPS) is 14.8. The van der Waals surface area contributed by atoms with E-state index in [-0.39, 0.29) is 18.3 Å². The Kier molecular flexibility index (Phi) is 10.1. The summed E-state index contributed by atoms with van der Waals surface area (Å²) in [4.78, 5) is 32.5. The molecule has 2 heterocycles. The van der Waals surface area contributed by atoms with Crippen LogP contribution in [0.5, 0.6) is 11.5 Å². The number of thiazole rings is 1. The van der Waals surface area contributed by atoms with Gasteiger partial charge in [0.25, 0.3) is 5.56 Å². The average molecular weight is 761 g/mol. The Bertz CT molecular complexity index is 1930. The molecule has 3 aromatic carbocycles. The number of benzene rings is 3. The van der Waals surface area contributed by atoms with Crippen molar-refractivity contribution in [2.75, 3.05) is 6.61 Å². The maximum absolute atomic E-state index is 14.1. The quantitative estimate of drug-likeness (QED) is 0.167. The lowest BCUT2D eigenvalue weighted by Crippen LogP contribution is -2.40. The lowest BCUT2D eigenvalue weighted by atomic mass is 9.95. The van der Waals surface area contributed by atoms with Crippen LogP contribution in [-0.2, 0) is 16.1 Å². The van der Waals surface area contributed by atoms with Gasteiger partial charge in [-0.25, -0.2) is 9.79 Å². The molecule has 0 aliphatic carbocycles. The van der Waals surface area contributed by atoms with E-state index in [1.165, 1.54) is 11.3 Å². The molecule has 5 rings (SSSR count). The number of carbonyl (C=O) groups excluding carboxylic acids is 1. The smallest absolute Gasteiger partial charge is 0.338 e. The first kappa shape index (κ1) is 32.2. The van der Waals surface area contributed by atoms with Gasteiger partial charge >= 0.3 is 5.97 Å². The zero-order valence-electron chi connectivity index (χ0n) is 24.4. The number of para-hydroxylation sites is 1. The predicted octanol–water partition coefficient (Wildman–Crippen LogP) is 7.34. The molecule has 7 nitrogen and oxygen atoms in total. The molecular formula is C33H29Br2ClN2O5S. The van der Waals surface area contributed by atoms with Crippen LogP contribution in [0.3, 0.4) is 0 Å². The fourth-order valence-corrected chi connectivity index (χ4v) is 7.60. The molecule has 0 radical (unpaired) electrons. The lowest BCUT2D eigenvalue weighted by molar-refractivity contribution is -0.139. The Morgan fingerprint density at radius 2 is 1.84 bits per heavy atom. The summed E-state index contributed by atoms with van der Waals surface area (Å²) in [6, 6.07) is 17.9. The van der Waals surface area contributed by atoms with Gasteiger partial charge in [0.2, 0.25) is 0 Å². The summed E-state index contributed by atoms with van der Waals surface area (Å²) in [6.07, 6.45) is 1.69. The van der Waals surface area contributed by atoms with Gasteiger partial charge in [-0.1, -0.05) is 53.3 Å². The van der Waals surface area contributed by atoms with Gasteiger partial charge < -0.3 is 14.2 Å². The highest BCUT2D eigenvalue weighted by Gasteiger charge is 2.35. The van der Waals surface area contributed by atoms with Crippen LogP contribution in [0.2, 0.25) is 5.02 Å². The van der Waals surface area contributed by atoms with Crippen LogP contribution in [0.25, 0.3) is 6.08 Å². The predicted molar refractivity (Wildman–Crippen MR) is 180 cm³/mol. The van der Waals surface area contributed by atoms with Crippen molar-refractivity contribution in [3.63, 3.8) is 0 Å². The Morgan fingerprint density at radius 3 is 2.52 bits per heavy atom. The fourth-order valence-electron chi connectivity index (χ4n) is 4.89. The molecule has 1 aliphatic rings. The summed E-state index contributed by atoms with van der Waals surface area (Å²) >= 11 is 14.6. The number of ether oxygens (including phenoxy) is 3. The molecule has 1 atom stereocenters. The third kappa shape index (κ3) is 6.88. The fraction of sp³-hybridized carbons (Fsp3) is 0.242. The van der Waals surface area contributed by atoms with E-state index in [0.29, 0.717) is 58.2 Å². The van der Waals surface area contributed by atoms with Crippen LogP contribution in [0, 0.1) is 0 Å². The number of rotatable bonds is 9. The largest absolute Gasteiger partial charge is 0.491 e.